The number of hydrogen-bond donors (Lipinski definition) is 2. The van der Waals surface area contributed by atoms with Crippen molar-refractivity contribution < 1.29 is 0 Å². The van der Waals surface area contributed by atoms with Gasteiger partial charge in [0, 0.05) is 19.1 Å². The average Bonchev–Trinajstić information content (AvgIpc) is 2.33. The van der Waals surface area contributed by atoms with Gasteiger partial charge in [-0.1, -0.05) is 0 Å². The number of halogens is 1. The first-order chi connectivity index (χ1) is 7.74. The van der Waals surface area contributed by atoms with Gasteiger partial charge in [0.1, 0.15) is 9.39 Å². The summed E-state index contributed by atoms with van der Waals surface area (Å²) in [5.74, 6) is 0.777. The zero-order valence-corrected chi connectivity index (χ0v) is 11.1. The van der Waals surface area contributed by atoms with E-state index in [2.05, 4.69) is 14.9 Å². The highest BCUT2D eigenvalue weighted by Gasteiger charge is 2.24. The molecule has 16 heavy (non-hydrogen) atoms. The summed E-state index contributed by atoms with van der Waals surface area (Å²) in [6, 6.07) is 0.316. The van der Waals surface area contributed by atoms with E-state index in [1.54, 1.807) is 0 Å². The summed E-state index contributed by atoms with van der Waals surface area (Å²) in [5.41, 5.74) is 5.68. The molecule has 5 nitrogen and oxygen atoms in total. The van der Waals surface area contributed by atoms with Crippen LogP contribution in [0.15, 0.2) is 11.1 Å². The molecule has 1 aliphatic heterocycles. The molecule has 3 N–H and O–H groups in total. The number of nitrogens with two attached hydrogens (primary N) is 1. The molecule has 1 atom stereocenters. The lowest BCUT2D eigenvalue weighted by Gasteiger charge is -2.36. The van der Waals surface area contributed by atoms with Crippen molar-refractivity contribution in [2.45, 2.75) is 25.3 Å². The molecule has 0 saturated carbocycles. The fraction of sp³-hybridized carbons (Fsp3) is 0.600. The molecule has 2 heterocycles. The van der Waals surface area contributed by atoms with Crippen molar-refractivity contribution in [2.75, 3.05) is 18.0 Å². The second-order valence-corrected chi connectivity index (χ2v) is 5.03. The summed E-state index contributed by atoms with van der Waals surface area (Å²) in [4.78, 5) is 20.5. The van der Waals surface area contributed by atoms with Crippen molar-refractivity contribution in [3.8, 4) is 0 Å². The van der Waals surface area contributed by atoms with Gasteiger partial charge < -0.3 is 15.6 Å². The van der Waals surface area contributed by atoms with Crippen LogP contribution in [0.2, 0.25) is 0 Å². The topological polar surface area (TPSA) is 75.0 Å². The van der Waals surface area contributed by atoms with Gasteiger partial charge in [-0.2, -0.15) is 0 Å². The van der Waals surface area contributed by atoms with Crippen molar-refractivity contribution in [2.24, 2.45) is 5.73 Å². The molecule has 1 aromatic heterocycles. The Morgan fingerprint density at radius 1 is 1.62 bits per heavy atom. The van der Waals surface area contributed by atoms with Crippen LogP contribution < -0.4 is 16.2 Å². The third-order valence-electron chi connectivity index (χ3n) is 2.95. The Balaban J connectivity index is 2.34. The molecule has 1 unspecified atom stereocenters. The number of piperidine rings is 1. The highest BCUT2D eigenvalue weighted by molar-refractivity contribution is 14.1. The molecule has 1 saturated heterocycles. The van der Waals surface area contributed by atoms with Gasteiger partial charge in [-0.15, -0.1) is 0 Å². The van der Waals surface area contributed by atoms with Crippen LogP contribution in [-0.2, 0) is 0 Å². The Hall–Kier alpha value is -0.630. The zero-order valence-electron chi connectivity index (χ0n) is 8.95. The molecular formula is C10H15IN4O. The van der Waals surface area contributed by atoms with E-state index < -0.39 is 0 Å². The second kappa shape index (κ2) is 5.13. The van der Waals surface area contributed by atoms with Crippen molar-refractivity contribution in [1.29, 1.82) is 0 Å². The minimum atomic E-state index is -0.0769. The second-order valence-electron chi connectivity index (χ2n) is 3.95. The molecule has 1 fully saturated rings. The Bertz CT molecular complexity index is 420. The Morgan fingerprint density at radius 2 is 2.44 bits per heavy atom. The van der Waals surface area contributed by atoms with E-state index in [1.807, 2.05) is 22.6 Å². The number of rotatable bonds is 2. The van der Waals surface area contributed by atoms with E-state index in [9.17, 15) is 4.79 Å². The van der Waals surface area contributed by atoms with Crippen LogP contribution in [0.25, 0.3) is 0 Å². The van der Waals surface area contributed by atoms with Crippen LogP contribution in [0.1, 0.15) is 19.3 Å². The molecule has 88 valence electrons. The SMILES string of the molecule is NCC1CCCCN1c1nc[nH]c(=O)c1I. The maximum absolute atomic E-state index is 11.5. The smallest absolute Gasteiger partial charge is 0.266 e. The first kappa shape index (κ1) is 11.8. The van der Waals surface area contributed by atoms with Crippen molar-refractivity contribution in [1.82, 2.24) is 9.97 Å². The molecule has 0 aromatic carbocycles. The molecule has 0 bridgehead atoms. The number of aromatic amines is 1. The van der Waals surface area contributed by atoms with E-state index in [4.69, 9.17) is 5.73 Å². The van der Waals surface area contributed by atoms with Crippen molar-refractivity contribution >= 4 is 28.4 Å². The van der Waals surface area contributed by atoms with Crippen LogP contribution in [0.5, 0.6) is 0 Å². The summed E-state index contributed by atoms with van der Waals surface area (Å²) in [6.07, 6.45) is 4.89. The Kier molecular flexibility index (Phi) is 3.80. The predicted molar refractivity (Wildman–Crippen MR) is 71.6 cm³/mol. The zero-order chi connectivity index (χ0) is 11.5. The van der Waals surface area contributed by atoms with Crippen molar-refractivity contribution in [3.63, 3.8) is 0 Å². The summed E-state index contributed by atoms with van der Waals surface area (Å²) >= 11 is 2.04. The molecule has 0 aliphatic carbocycles. The fourth-order valence-electron chi connectivity index (χ4n) is 2.10. The molecule has 1 aromatic rings. The van der Waals surface area contributed by atoms with Gasteiger partial charge >= 0.3 is 0 Å². The average molecular weight is 334 g/mol. The van der Waals surface area contributed by atoms with E-state index in [0.29, 0.717) is 16.2 Å². The van der Waals surface area contributed by atoms with Gasteiger partial charge in [0.15, 0.2) is 0 Å². The molecular weight excluding hydrogens is 319 g/mol. The largest absolute Gasteiger partial charge is 0.351 e. The Morgan fingerprint density at radius 3 is 3.19 bits per heavy atom. The van der Waals surface area contributed by atoms with Crippen LogP contribution >= 0.6 is 22.6 Å². The van der Waals surface area contributed by atoms with Gasteiger partial charge in [0.05, 0.1) is 6.33 Å². The minimum Gasteiger partial charge on any atom is -0.351 e. The number of anilines is 1. The van der Waals surface area contributed by atoms with Gasteiger partial charge in [0.2, 0.25) is 0 Å². The van der Waals surface area contributed by atoms with Gasteiger partial charge in [0.25, 0.3) is 5.56 Å². The summed E-state index contributed by atoms with van der Waals surface area (Å²) in [7, 11) is 0. The summed E-state index contributed by atoms with van der Waals surface area (Å²) < 4.78 is 0.653. The number of hydrogen-bond acceptors (Lipinski definition) is 4. The predicted octanol–water partition coefficient (Wildman–Crippen LogP) is 0.692. The van der Waals surface area contributed by atoms with Crippen LogP contribution in [0, 0.1) is 3.57 Å². The number of aromatic nitrogens is 2. The summed E-state index contributed by atoms with van der Waals surface area (Å²) in [5, 5.41) is 0. The normalized spacial score (nSPS) is 21.1. The molecule has 0 amide bonds. The molecule has 0 radical (unpaired) electrons. The van der Waals surface area contributed by atoms with Crippen LogP contribution in [0.4, 0.5) is 5.82 Å². The maximum atomic E-state index is 11.5. The maximum Gasteiger partial charge on any atom is 0.266 e. The molecule has 2 rings (SSSR count). The highest BCUT2D eigenvalue weighted by Crippen LogP contribution is 2.24. The van der Waals surface area contributed by atoms with Crippen LogP contribution in [-0.4, -0.2) is 29.1 Å². The molecule has 6 heteroatoms. The standard InChI is InChI=1S/C10H15IN4O/c11-8-9(13-6-14-10(8)16)15-4-2-1-3-7(15)5-12/h6-7H,1-5,12H2,(H,13,14,16). The van der Waals surface area contributed by atoms with Gasteiger partial charge in [-0.05, 0) is 41.9 Å². The monoisotopic (exact) mass is 334 g/mol. The van der Waals surface area contributed by atoms with E-state index >= 15 is 0 Å². The van der Waals surface area contributed by atoms with E-state index in [0.717, 1.165) is 25.2 Å². The van der Waals surface area contributed by atoms with Gasteiger partial charge in [-0.25, -0.2) is 4.98 Å². The fourth-order valence-corrected chi connectivity index (χ4v) is 2.70. The third-order valence-corrected chi connectivity index (χ3v) is 3.92. The number of nitrogens with one attached hydrogen (secondary N) is 1. The first-order valence-electron chi connectivity index (χ1n) is 5.44. The third kappa shape index (κ3) is 2.22. The van der Waals surface area contributed by atoms with Crippen molar-refractivity contribution in [3.05, 3.63) is 20.3 Å². The van der Waals surface area contributed by atoms with Gasteiger partial charge in [-0.3, -0.25) is 4.79 Å². The number of H-pyrrole nitrogens is 1. The van der Waals surface area contributed by atoms with E-state index in [1.165, 1.54) is 12.7 Å². The lowest BCUT2D eigenvalue weighted by atomic mass is 10.0. The number of nitrogens with zero attached hydrogens (tertiary/aromatic N) is 2. The quantitative estimate of drug-likeness (QED) is 0.781. The highest BCUT2D eigenvalue weighted by atomic mass is 127. The summed E-state index contributed by atoms with van der Waals surface area (Å²) in [6.45, 7) is 1.55. The van der Waals surface area contributed by atoms with E-state index in [-0.39, 0.29) is 5.56 Å². The minimum absolute atomic E-state index is 0.0769. The Labute approximate surface area is 108 Å². The lowest BCUT2D eigenvalue weighted by Crippen LogP contribution is -2.45. The van der Waals surface area contributed by atoms with Crippen LogP contribution in [0.3, 0.4) is 0 Å². The first-order valence-corrected chi connectivity index (χ1v) is 6.52. The molecule has 0 spiro atoms. The molecule has 1 aliphatic rings. The lowest BCUT2D eigenvalue weighted by molar-refractivity contribution is 0.461.